The smallest absolute Gasteiger partial charge is 0.0732 e. The van der Waals surface area contributed by atoms with Crippen molar-refractivity contribution >= 4 is 22.5 Å². The molecule has 2 aromatic carbocycles. The summed E-state index contributed by atoms with van der Waals surface area (Å²) < 4.78 is 1.79. The van der Waals surface area contributed by atoms with Crippen LogP contribution in [0.15, 0.2) is 48.5 Å². The van der Waals surface area contributed by atoms with Gasteiger partial charge in [-0.2, -0.15) is 0 Å². The summed E-state index contributed by atoms with van der Waals surface area (Å²) in [5, 5.41) is 10.5. The predicted molar refractivity (Wildman–Crippen MR) is 99.7 cm³/mol. The number of hydrogen-bond donors (Lipinski definition) is 2. The van der Waals surface area contributed by atoms with Gasteiger partial charge in [0, 0.05) is 22.2 Å². The summed E-state index contributed by atoms with van der Waals surface area (Å²) >= 11 is 6.55. The Labute approximate surface area is 146 Å². The molecule has 1 fully saturated rings. The van der Waals surface area contributed by atoms with Gasteiger partial charge in [0.05, 0.1) is 17.8 Å². The van der Waals surface area contributed by atoms with Crippen LogP contribution in [0.3, 0.4) is 0 Å². The van der Waals surface area contributed by atoms with E-state index in [0.717, 1.165) is 40.6 Å². The Kier molecular flexibility index (Phi) is 3.99. The second-order valence-electron chi connectivity index (χ2n) is 6.59. The number of aromatic nitrogens is 1. The molecular formula is C20H21ClN2O. The van der Waals surface area contributed by atoms with Crippen molar-refractivity contribution in [2.24, 2.45) is 0 Å². The number of alkyl halides is 1. The maximum atomic E-state index is 9.21. The standard InChI is InChI=1S/C20H21ClN2O/c21-18-6-2-4-16(18)17-5-1-3-15-11-19(23(22)20(15)17)14-9-7-13(12-24)8-10-14/h1,3,5,7-11,16,18,24H,2,4,6,12,22H2. The molecule has 124 valence electrons. The van der Waals surface area contributed by atoms with E-state index in [1.807, 2.05) is 24.3 Å². The zero-order valence-electron chi connectivity index (χ0n) is 13.5. The molecule has 24 heavy (non-hydrogen) atoms. The molecule has 3 aromatic rings. The van der Waals surface area contributed by atoms with Crippen LogP contribution in [-0.2, 0) is 6.61 Å². The van der Waals surface area contributed by atoms with Crippen LogP contribution in [0.4, 0.5) is 0 Å². The zero-order valence-corrected chi connectivity index (χ0v) is 14.2. The van der Waals surface area contributed by atoms with E-state index in [-0.39, 0.29) is 12.0 Å². The highest BCUT2D eigenvalue weighted by atomic mass is 35.5. The number of benzene rings is 2. The number of aliphatic hydroxyl groups excluding tert-OH is 1. The summed E-state index contributed by atoms with van der Waals surface area (Å²) in [7, 11) is 0. The molecule has 1 aliphatic rings. The van der Waals surface area contributed by atoms with Crippen molar-refractivity contribution in [3.05, 3.63) is 59.7 Å². The molecule has 2 unspecified atom stereocenters. The third-order valence-electron chi connectivity index (χ3n) is 5.15. The van der Waals surface area contributed by atoms with Crippen molar-refractivity contribution in [1.82, 2.24) is 4.68 Å². The summed E-state index contributed by atoms with van der Waals surface area (Å²) in [6.07, 6.45) is 3.37. The maximum absolute atomic E-state index is 9.21. The number of rotatable bonds is 3. The van der Waals surface area contributed by atoms with Gasteiger partial charge in [-0.1, -0.05) is 48.9 Å². The molecule has 1 aliphatic carbocycles. The molecule has 2 atom stereocenters. The molecular weight excluding hydrogens is 320 g/mol. The maximum Gasteiger partial charge on any atom is 0.0732 e. The van der Waals surface area contributed by atoms with Crippen LogP contribution < -0.4 is 5.84 Å². The highest BCUT2D eigenvalue weighted by molar-refractivity contribution is 6.21. The van der Waals surface area contributed by atoms with Gasteiger partial charge in [-0.25, -0.2) is 0 Å². The SMILES string of the molecule is Nn1c(-c2ccc(CO)cc2)cc2cccc(C3CCCC3Cl)c21. The van der Waals surface area contributed by atoms with E-state index in [1.54, 1.807) is 4.68 Å². The molecule has 1 heterocycles. The molecule has 1 saturated carbocycles. The molecule has 3 nitrogen and oxygen atoms in total. The fraction of sp³-hybridized carbons (Fsp3) is 0.300. The van der Waals surface area contributed by atoms with Crippen LogP contribution in [0.5, 0.6) is 0 Å². The normalized spacial score (nSPS) is 20.8. The molecule has 4 rings (SSSR count). The minimum atomic E-state index is 0.0504. The number of nitrogens with two attached hydrogens (primary N) is 1. The molecule has 4 heteroatoms. The van der Waals surface area contributed by atoms with Crippen LogP contribution >= 0.6 is 11.6 Å². The highest BCUT2D eigenvalue weighted by Crippen LogP contribution is 2.41. The third kappa shape index (κ3) is 2.48. The van der Waals surface area contributed by atoms with E-state index in [0.29, 0.717) is 5.92 Å². The highest BCUT2D eigenvalue weighted by Gasteiger charge is 2.29. The summed E-state index contributed by atoms with van der Waals surface area (Å²) in [6, 6.07) is 16.4. The van der Waals surface area contributed by atoms with Gasteiger partial charge in [0.2, 0.25) is 0 Å². The monoisotopic (exact) mass is 340 g/mol. The summed E-state index contributed by atoms with van der Waals surface area (Å²) in [5.41, 5.74) is 5.26. The van der Waals surface area contributed by atoms with Crippen LogP contribution in [0.25, 0.3) is 22.2 Å². The Morgan fingerprint density at radius 1 is 1.12 bits per heavy atom. The average molecular weight is 341 g/mol. The van der Waals surface area contributed by atoms with E-state index in [1.165, 1.54) is 12.0 Å². The zero-order chi connectivity index (χ0) is 16.7. The molecule has 0 spiro atoms. The number of nitrogens with zero attached hydrogens (tertiary/aromatic N) is 1. The molecule has 0 saturated heterocycles. The minimum absolute atomic E-state index is 0.0504. The van der Waals surface area contributed by atoms with Crippen LogP contribution in [0.1, 0.15) is 36.3 Å². The first-order valence-electron chi connectivity index (χ1n) is 8.42. The number of para-hydroxylation sites is 1. The van der Waals surface area contributed by atoms with E-state index >= 15 is 0 Å². The van der Waals surface area contributed by atoms with Crippen molar-refractivity contribution in [3.8, 4) is 11.3 Å². The first-order chi connectivity index (χ1) is 11.7. The third-order valence-corrected chi connectivity index (χ3v) is 5.68. The van der Waals surface area contributed by atoms with E-state index in [4.69, 9.17) is 17.4 Å². The fourth-order valence-corrected chi connectivity index (χ4v) is 4.30. The lowest BCUT2D eigenvalue weighted by Crippen LogP contribution is -2.13. The number of hydrogen-bond acceptors (Lipinski definition) is 2. The largest absolute Gasteiger partial charge is 0.392 e. The van der Waals surface area contributed by atoms with Crippen LogP contribution in [0.2, 0.25) is 0 Å². The Bertz CT molecular complexity index is 869. The molecule has 0 aliphatic heterocycles. The van der Waals surface area contributed by atoms with Crippen molar-refractivity contribution < 1.29 is 5.11 Å². The van der Waals surface area contributed by atoms with Crippen molar-refractivity contribution in [1.29, 1.82) is 0 Å². The summed E-state index contributed by atoms with van der Waals surface area (Å²) in [4.78, 5) is 0. The van der Waals surface area contributed by atoms with E-state index < -0.39 is 0 Å². The summed E-state index contributed by atoms with van der Waals surface area (Å²) in [5.74, 6) is 6.85. The second-order valence-corrected chi connectivity index (χ2v) is 7.15. The van der Waals surface area contributed by atoms with Gasteiger partial charge in [0.25, 0.3) is 0 Å². The summed E-state index contributed by atoms with van der Waals surface area (Å²) in [6.45, 7) is 0.0504. The molecule has 0 radical (unpaired) electrons. The minimum Gasteiger partial charge on any atom is -0.392 e. The predicted octanol–water partition coefficient (Wildman–Crippen LogP) is 4.39. The Hall–Kier alpha value is -1.97. The first-order valence-corrected chi connectivity index (χ1v) is 8.86. The van der Waals surface area contributed by atoms with Gasteiger partial charge < -0.3 is 10.9 Å². The Morgan fingerprint density at radius 2 is 1.92 bits per heavy atom. The van der Waals surface area contributed by atoms with Gasteiger partial charge in [-0.3, -0.25) is 4.68 Å². The van der Waals surface area contributed by atoms with E-state index in [9.17, 15) is 5.11 Å². The average Bonchev–Trinajstić information content (AvgIpc) is 3.19. The lowest BCUT2D eigenvalue weighted by atomic mass is 9.95. The molecule has 3 N–H and O–H groups in total. The van der Waals surface area contributed by atoms with Crippen molar-refractivity contribution in [3.63, 3.8) is 0 Å². The number of fused-ring (bicyclic) bond motifs is 1. The number of halogens is 1. The van der Waals surface area contributed by atoms with Crippen molar-refractivity contribution in [2.75, 3.05) is 5.84 Å². The molecule has 1 aromatic heterocycles. The topological polar surface area (TPSA) is 51.2 Å². The fourth-order valence-electron chi connectivity index (χ4n) is 3.88. The van der Waals surface area contributed by atoms with E-state index in [2.05, 4.69) is 24.3 Å². The molecule has 0 amide bonds. The van der Waals surface area contributed by atoms with Gasteiger partial charge in [0.15, 0.2) is 0 Å². The lowest BCUT2D eigenvalue weighted by Gasteiger charge is -2.16. The van der Waals surface area contributed by atoms with Crippen molar-refractivity contribution in [2.45, 2.75) is 37.2 Å². The lowest BCUT2D eigenvalue weighted by molar-refractivity contribution is 0.282. The Morgan fingerprint density at radius 3 is 2.58 bits per heavy atom. The molecule has 0 bridgehead atoms. The number of nitrogen functional groups attached to an aromatic ring is 1. The number of aliphatic hydroxyl groups is 1. The van der Waals surface area contributed by atoms with Gasteiger partial charge >= 0.3 is 0 Å². The van der Waals surface area contributed by atoms with Crippen LogP contribution in [0, 0.1) is 0 Å². The second kappa shape index (κ2) is 6.15. The first kappa shape index (κ1) is 15.6. The van der Waals surface area contributed by atoms with Crippen LogP contribution in [-0.4, -0.2) is 15.2 Å². The quantitative estimate of drug-likeness (QED) is 0.549. The Balaban J connectivity index is 1.85. The van der Waals surface area contributed by atoms with Gasteiger partial charge in [0.1, 0.15) is 0 Å². The van der Waals surface area contributed by atoms with Gasteiger partial charge in [-0.15, -0.1) is 11.6 Å². The van der Waals surface area contributed by atoms with Gasteiger partial charge in [-0.05, 0) is 30.0 Å².